The largest absolute Gasteiger partial charge is 0.383 e. The first-order chi connectivity index (χ1) is 9.56. The van der Waals surface area contributed by atoms with Crippen molar-refractivity contribution in [1.82, 2.24) is 19.5 Å². The molecule has 102 valence electrons. The van der Waals surface area contributed by atoms with E-state index in [1.54, 1.807) is 6.92 Å². The van der Waals surface area contributed by atoms with Gasteiger partial charge >= 0.3 is 0 Å². The summed E-state index contributed by atoms with van der Waals surface area (Å²) in [5, 5.41) is 2.77. The third-order valence-electron chi connectivity index (χ3n) is 2.87. The highest BCUT2D eigenvalue weighted by atomic mass is 127. The Balaban J connectivity index is 2.05. The normalized spacial score (nSPS) is 11.1. The van der Waals surface area contributed by atoms with Crippen molar-refractivity contribution >= 4 is 50.0 Å². The number of aryl methyl sites for hydroxylation is 1. The Morgan fingerprint density at radius 1 is 1.45 bits per heavy atom. The third-order valence-corrected chi connectivity index (χ3v) is 4.92. The Labute approximate surface area is 131 Å². The first-order valence-corrected chi connectivity index (χ1v) is 7.73. The summed E-state index contributed by atoms with van der Waals surface area (Å²) in [6, 6.07) is 1.89. The van der Waals surface area contributed by atoms with Gasteiger partial charge in [-0.15, -0.1) is 11.3 Å². The molecule has 0 aliphatic carbocycles. The van der Waals surface area contributed by atoms with E-state index in [4.69, 9.17) is 5.73 Å². The van der Waals surface area contributed by atoms with Crippen LogP contribution in [0.25, 0.3) is 10.2 Å². The van der Waals surface area contributed by atoms with Gasteiger partial charge in [0.25, 0.3) is 5.56 Å². The summed E-state index contributed by atoms with van der Waals surface area (Å²) in [5.41, 5.74) is 6.53. The zero-order valence-corrected chi connectivity index (χ0v) is 13.5. The molecule has 0 saturated heterocycles. The summed E-state index contributed by atoms with van der Waals surface area (Å²) in [7, 11) is 0. The second-order valence-corrected chi connectivity index (χ2v) is 6.21. The lowest BCUT2D eigenvalue weighted by Gasteiger charge is -2.07. The van der Waals surface area contributed by atoms with Gasteiger partial charge in [-0.25, -0.2) is 15.0 Å². The van der Waals surface area contributed by atoms with E-state index in [-0.39, 0.29) is 12.1 Å². The highest BCUT2D eigenvalue weighted by molar-refractivity contribution is 14.1. The van der Waals surface area contributed by atoms with E-state index in [0.29, 0.717) is 15.2 Å². The van der Waals surface area contributed by atoms with Crippen LogP contribution in [0.3, 0.4) is 0 Å². The van der Waals surface area contributed by atoms with E-state index in [1.165, 1.54) is 22.2 Å². The maximum atomic E-state index is 12.1. The van der Waals surface area contributed by atoms with Crippen molar-refractivity contribution in [2.24, 2.45) is 0 Å². The lowest BCUT2D eigenvalue weighted by atomic mass is 10.4. The highest BCUT2D eigenvalue weighted by Gasteiger charge is 2.10. The second-order valence-electron chi connectivity index (χ2n) is 4.24. The molecule has 0 aliphatic heterocycles. The van der Waals surface area contributed by atoms with E-state index in [2.05, 4.69) is 15.0 Å². The monoisotopic (exact) mass is 399 g/mol. The fourth-order valence-corrected chi connectivity index (χ4v) is 3.05. The number of fused-ring (bicyclic) bond motifs is 1. The molecule has 0 spiro atoms. The van der Waals surface area contributed by atoms with Gasteiger partial charge in [0.2, 0.25) is 0 Å². The predicted octanol–water partition coefficient (Wildman–Crippen LogP) is 1.79. The summed E-state index contributed by atoms with van der Waals surface area (Å²) >= 11 is 3.50. The molecule has 0 aromatic carbocycles. The summed E-state index contributed by atoms with van der Waals surface area (Å²) < 4.78 is 2.10. The minimum atomic E-state index is -0.0912. The quantitative estimate of drug-likeness (QED) is 0.665. The van der Waals surface area contributed by atoms with Crippen LogP contribution in [0.15, 0.2) is 22.6 Å². The first-order valence-electron chi connectivity index (χ1n) is 5.77. The molecule has 0 amide bonds. The number of rotatable bonds is 2. The fraction of sp³-hybridized carbons (Fsp3) is 0.167. The number of anilines is 1. The SMILES string of the molecule is Cc1ncn(Cc2nc(N)c3ccsc3n2)c(=O)c1I. The number of halogens is 1. The highest BCUT2D eigenvalue weighted by Crippen LogP contribution is 2.22. The van der Waals surface area contributed by atoms with Crippen molar-refractivity contribution in [2.45, 2.75) is 13.5 Å². The van der Waals surface area contributed by atoms with Crippen LogP contribution in [-0.4, -0.2) is 19.5 Å². The minimum absolute atomic E-state index is 0.0912. The molecule has 0 atom stereocenters. The molecule has 8 heteroatoms. The number of nitrogens with zero attached hydrogens (tertiary/aromatic N) is 4. The molecule has 6 nitrogen and oxygen atoms in total. The van der Waals surface area contributed by atoms with Gasteiger partial charge in [0, 0.05) is 0 Å². The van der Waals surface area contributed by atoms with Crippen LogP contribution in [0, 0.1) is 10.5 Å². The zero-order chi connectivity index (χ0) is 14.3. The molecule has 3 heterocycles. The zero-order valence-electron chi connectivity index (χ0n) is 10.5. The fourth-order valence-electron chi connectivity index (χ4n) is 1.81. The van der Waals surface area contributed by atoms with E-state index in [9.17, 15) is 4.79 Å². The minimum Gasteiger partial charge on any atom is -0.383 e. The van der Waals surface area contributed by atoms with Crippen molar-refractivity contribution < 1.29 is 0 Å². The molecule has 0 aliphatic rings. The van der Waals surface area contributed by atoms with Crippen molar-refractivity contribution in [1.29, 1.82) is 0 Å². The molecule has 0 bridgehead atoms. The molecule has 3 aromatic rings. The van der Waals surface area contributed by atoms with Gasteiger partial charge in [-0.2, -0.15) is 0 Å². The topological polar surface area (TPSA) is 86.7 Å². The van der Waals surface area contributed by atoms with Gasteiger partial charge in [0.05, 0.1) is 27.5 Å². The first kappa shape index (κ1) is 13.4. The molecule has 0 unspecified atom stereocenters. The van der Waals surface area contributed by atoms with Crippen LogP contribution in [0.1, 0.15) is 11.5 Å². The Hall–Kier alpha value is -1.55. The third kappa shape index (κ3) is 2.29. The molecular formula is C12H10IN5OS. The van der Waals surface area contributed by atoms with Gasteiger partial charge in [-0.05, 0) is 41.0 Å². The van der Waals surface area contributed by atoms with Crippen LogP contribution in [0.4, 0.5) is 5.82 Å². The average Bonchev–Trinajstić information content (AvgIpc) is 2.88. The molecular weight excluding hydrogens is 389 g/mol. The van der Waals surface area contributed by atoms with Crippen molar-refractivity contribution in [3.05, 3.63) is 43.2 Å². The summed E-state index contributed by atoms with van der Waals surface area (Å²) in [4.78, 5) is 25.8. The van der Waals surface area contributed by atoms with Gasteiger partial charge < -0.3 is 5.73 Å². The Morgan fingerprint density at radius 2 is 2.25 bits per heavy atom. The van der Waals surface area contributed by atoms with E-state index >= 15 is 0 Å². The maximum absolute atomic E-state index is 12.1. The van der Waals surface area contributed by atoms with Crippen LogP contribution < -0.4 is 11.3 Å². The van der Waals surface area contributed by atoms with Crippen molar-refractivity contribution in [2.75, 3.05) is 5.73 Å². The number of hydrogen-bond acceptors (Lipinski definition) is 6. The number of nitrogen functional groups attached to an aromatic ring is 1. The van der Waals surface area contributed by atoms with Crippen molar-refractivity contribution in [3.63, 3.8) is 0 Å². The van der Waals surface area contributed by atoms with E-state index in [1.807, 2.05) is 34.0 Å². The summed E-state index contributed by atoms with van der Waals surface area (Å²) in [6.45, 7) is 2.07. The van der Waals surface area contributed by atoms with Gasteiger partial charge in [-0.1, -0.05) is 0 Å². The smallest absolute Gasteiger partial charge is 0.267 e. The number of hydrogen-bond donors (Lipinski definition) is 1. The average molecular weight is 399 g/mol. The number of nitrogens with two attached hydrogens (primary N) is 1. The molecule has 3 rings (SSSR count). The van der Waals surface area contributed by atoms with Gasteiger partial charge in [0.1, 0.15) is 10.6 Å². The molecule has 3 aromatic heterocycles. The van der Waals surface area contributed by atoms with E-state index in [0.717, 1.165) is 15.9 Å². The standard InChI is InChI=1S/C12H10IN5OS/c1-6-9(13)12(19)18(5-15-6)4-8-16-10(14)7-2-3-20-11(7)17-8/h2-3,5H,4H2,1H3,(H2,14,16,17). The summed E-state index contributed by atoms with van der Waals surface area (Å²) in [6.07, 6.45) is 1.51. The van der Waals surface area contributed by atoms with E-state index < -0.39 is 0 Å². The number of thiophene rings is 1. The Bertz CT molecular complexity index is 857. The van der Waals surface area contributed by atoms with Crippen LogP contribution in [-0.2, 0) is 6.54 Å². The Kier molecular flexibility index (Phi) is 3.42. The van der Waals surface area contributed by atoms with Crippen molar-refractivity contribution in [3.8, 4) is 0 Å². The predicted molar refractivity (Wildman–Crippen MR) is 86.9 cm³/mol. The van der Waals surface area contributed by atoms with Crippen LogP contribution in [0.5, 0.6) is 0 Å². The lowest BCUT2D eigenvalue weighted by molar-refractivity contribution is 0.692. The second kappa shape index (κ2) is 5.09. The van der Waals surface area contributed by atoms with Crippen LogP contribution >= 0.6 is 33.9 Å². The Morgan fingerprint density at radius 3 is 3.05 bits per heavy atom. The lowest BCUT2D eigenvalue weighted by Crippen LogP contribution is -2.25. The molecule has 2 N–H and O–H groups in total. The molecule has 20 heavy (non-hydrogen) atoms. The molecule has 0 radical (unpaired) electrons. The summed E-state index contributed by atoms with van der Waals surface area (Å²) in [5.74, 6) is 0.954. The van der Waals surface area contributed by atoms with Gasteiger partial charge in [-0.3, -0.25) is 9.36 Å². The number of aromatic nitrogens is 4. The van der Waals surface area contributed by atoms with Gasteiger partial charge in [0.15, 0.2) is 5.82 Å². The molecule has 0 fully saturated rings. The van der Waals surface area contributed by atoms with Crippen LogP contribution in [0.2, 0.25) is 0 Å². The maximum Gasteiger partial charge on any atom is 0.267 e. The molecule has 0 saturated carbocycles.